The lowest BCUT2D eigenvalue weighted by Crippen LogP contribution is -2.44. The largest absolute Gasteiger partial charge is 0.336 e. The van der Waals surface area contributed by atoms with Crippen LogP contribution in [0.2, 0.25) is 0 Å². The fourth-order valence-corrected chi connectivity index (χ4v) is 4.90. The minimum Gasteiger partial charge on any atom is -0.336 e. The van der Waals surface area contributed by atoms with E-state index in [1.165, 1.54) is 0 Å². The Morgan fingerprint density at radius 3 is 2.48 bits per heavy atom. The molecule has 1 saturated heterocycles. The van der Waals surface area contributed by atoms with Crippen molar-refractivity contribution in [3.05, 3.63) is 59.9 Å². The van der Waals surface area contributed by atoms with E-state index in [0.29, 0.717) is 18.7 Å². The van der Waals surface area contributed by atoms with Gasteiger partial charge in [0.1, 0.15) is 5.25 Å². The number of hydrogen-bond donors (Lipinski definition) is 1. The molecule has 7 heteroatoms. The number of carbonyl (C=O) groups excluding carboxylic acids is 1. The highest BCUT2D eigenvalue weighted by Gasteiger charge is 2.30. The maximum Gasteiger partial charge on any atom is 0.317 e. The molecular formula is C20H25N3O3S. The fourth-order valence-electron chi connectivity index (χ4n) is 3.25. The summed E-state index contributed by atoms with van der Waals surface area (Å²) in [5.41, 5.74) is 1.56. The Morgan fingerprint density at radius 1 is 1.15 bits per heavy atom. The second-order valence-corrected chi connectivity index (χ2v) is 9.00. The molecule has 1 fully saturated rings. The average molecular weight is 388 g/mol. The molecule has 1 atom stereocenters. The van der Waals surface area contributed by atoms with Crippen LogP contribution in [0, 0.1) is 6.92 Å². The second-order valence-electron chi connectivity index (χ2n) is 6.87. The Bertz CT molecular complexity index is 861. The number of likely N-dealkylation sites (tertiary alicyclic amines) is 1. The average Bonchev–Trinajstić information content (AvgIpc) is 2.69. The summed E-state index contributed by atoms with van der Waals surface area (Å²) in [7, 11) is -3.67. The highest BCUT2D eigenvalue weighted by Crippen LogP contribution is 2.28. The molecule has 144 valence electrons. The van der Waals surface area contributed by atoms with E-state index in [2.05, 4.69) is 10.3 Å². The molecule has 2 heterocycles. The van der Waals surface area contributed by atoms with Crippen molar-refractivity contribution in [3.63, 3.8) is 0 Å². The molecule has 2 aromatic rings. The van der Waals surface area contributed by atoms with Gasteiger partial charge in [-0.1, -0.05) is 23.8 Å². The zero-order chi connectivity index (χ0) is 19.3. The number of hydrogen-bond acceptors (Lipinski definition) is 4. The predicted octanol–water partition coefficient (Wildman–Crippen LogP) is 3.10. The van der Waals surface area contributed by atoms with E-state index >= 15 is 0 Å². The van der Waals surface area contributed by atoms with Gasteiger partial charge in [0.25, 0.3) is 0 Å². The monoisotopic (exact) mass is 387 g/mol. The molecule has 2 amide bonds. The molecule has 0 spiro atoms. The summed E-state index contributed by atoms with van der Waals surface area (Å²) < 4.78 is 26.5. The van der Waals surface area contributed by atoms with Crippen LogP contribution in [0.5, 0.6) is 0 Å². The first-order chi connectivity index (χ1) is 13.0. The van der Waals surface area contributed by atoms with E-state index in [0.717, 1.165) is 24.8 Å². The summed E-state index contributed by atoms with van der Waals surface area (Å²) in [5, 5.41) is 1.93. The summed E-state index contributed by atoms with van der Waals surface area (Å²) in [6.45, 7) is 3.35. The minimum atomic E-state index is -3.67. The van der Waals surface area contributed by atoms with Gasteiger partial charge in [-0.3, -0.25) is 4.98 Å². The molecule has 0 radical (unpaired) electrons. The van der Waals surface area contributed by atoms with Crippen molar-refractivity contribution in [2.45, 2.75) is 36.3 Å². The third-order valence-corrected chi connectivity index (χ3v) is 6.98. The first kappa shape index (κ1) is 19.4. The number of sulfone groups is 1. The number of piperidine rings is 1. The summed E-state index contributed by atoms with van der Waals surface area (Å²) in [5.74, 6) is 0. The number of carbonyl (C=O) groups is 1. The third-order valence-electron chi connectivity index (χ3n) is 4.86. The van der Waals surface area contributed by atoms with Gasteiger partial charge in [0.2, 0.25) is 0 Å². The van der Waals surface area contributed by atoms with Crippen LogP contribution in [-0.2, 0) is 9.84 Å². The van der Waals surface area contributed by atoms with Crippen molar-refractivity contribution in [2.75, 3.05) is 19.6 Å². The van der Waals surface area contributed by atoms with Gasteiger partial charge in [0.15, 0.2) is 9.84 Å². The van der Waals surface area contributed by atoms with E-state index in [4.69, 9.17) is 0 Å². The lowest BCUT2D eigenvalue weighted by Gasteiger charge is -2.28. The molecule has 1 aromatic heterocycles. The van der Waals surface area contributed by atoms with Gasteiger partial charge in [0, 0.05) is 32.0 Å². The van der Waals surface area contributed by atoms with Gasteiger partial charge in [-0.15, -0.1) is 0 Å². The van der Waals surface area contributed by atoms with Crippen LogP contribution in [0.1, 0.15) is 35.6 Å². The van der Waals surface area contributed by atoms with E-state index in [-0.39, 0.29) is 17.5 Å². The van der Waals surface area contributed by atoms with Crippen LogP contribution in [0.4, 0.5) is 4.79 Å². The molecule has 1 aliphatic heterocycles. The molecule has 0 unspecified atom stereocenters. The highest BCUT2D eigenvalue weighted by atomic mass is 32.2. The zero-order valence-corrected chi connectivity index (χ0v) is 16.3. The molecule has 27 heavy (non-hydrogen) atoms. The van der Waals surface area contributed by atoms with E-state index < -0.39 is 15.1 Å². The fraction of sp³-hybridized carbons (Fsp3) is 0.400. The third kappa shape index (κ3) is 4.66. The topological polar surface area (TPSA) is 79.4 Å². The lowest BCUT2D eigenvalue weighted by atomic mass is 10.1. The number of benzene rings is 1. The zero-order valence-electron chi connectivity index (χ0n) is 15.5. The summed E-state index contributed by atoms with van der Waals surface area (Å²) in [4.78, 5) is 18.5. The first-order valence-electron chi connectivity index (χ1n) is 9.22. The van der Waals surface area contributed by atoms with Gasteiger partial charge in [-0.25, -0.2) is 13.2 Å². The summed E-state index contributed by atoms with van der Waals surface area (Å²) >= 11 is 0. The van der Waals surface area contributed by atoms with Crippen LogP contribution in [0.25, 0.3) is 0 Å². The highest BCUT2D eigenvalue weighted by molar-refractivity contribution is 7.91. The maximum absolute atomic E-state index is 13.2. The van der Waals surface area contributed by atoms with E-state index in [1.807, 2.05) is 6.92 Å². The number of aromatic nitrogens is 1. The number of rotatable bonds is 5. The van der Waals surface area contributed by atoms with Crippen LogP contribution >= 0.6 is 0 Å². The Labute approximate surface area is 160 Å². The molecule has 6 nitrogen and oxygen atoms in total. The molecule has 1 aromatic carbocycles. The van der Waals surface area contributed by atoms with Crippen LogP contribution < -0.4 is 5.32 Å². The molecule has 0 saturated carbocycles. The standard InChI is InChI=1S/C20H25N3O3S/c1-16-7-9-18(10-8-16)27(25,26)19(17-6-5-11-21-14-17)15-22-20(24)23-12-3-2-4-13-23/h5-11,14,19H,2-4,12-13,15H2,1H3,(H,22,24)/t19-/m1/s1. The van der Waals surface area contributed by atoms with E-state index in [9.17, 15) is 13.2 Å². The number of aryl methyl sites for hydroxylation is 1. The number of pyridine rings is 1. The number of urea groups is 1. The summed E-state index contributed by atoms with van der Waals surface area (Å²) in [6, 6.07) is 10.0. The molecule has 0 bridgehead atoms. The van der Waals surface area contributed by atoms with Gasteiger partial charge < -0.3 is 10.2 Å². The number of nitrogens with zero attached hydrogens (tertiary/aromatic N) is 2. The Kier molecular flexibility index (Phi) is 6.11. The quantitative estimate of drug-likeness (QED) is 0.855. The van der Waals surface area contributed by atoms with Crippen molar-refractivity contribution < 1.29 is 13.2 Å². The molecule has 1 aliphatic rings. The molecular weight excluding hydrogens is 362 g/mol. The minimum absolute atomic E-state index is 0.0111. The van der Waals surface area contributed by atoms with Gasteiger partial charge >= 0.3 is 6.03 Å². The van der Waals surface area contributed by atoms with Gasteiger partial charge in [0.05, 0.1) is 4.90 Å². The second kappa shape index (κ2) is 8.52. The normalized spacial score (nSPS) is 16.0. The maximum atomic E-state index is 13.2. The van der Waals surface area contributed by atoms with E-state index in [1.54, 1.807) is 53.7 Å². The molecule has 3 rings (SSSR count). The smallest absolute Gasteiger partial charge is 0.317 e. The van der Waals surface area contributed by atoms with Crippen molar-refractivity contribution in [1.29, 1.82) is 0 Å². The van der Waals surface area contributed by atoms with Crippen LogP contribution in [0.15, 0.2) is 53.7 Å². The SMILES string of the molecule is Cc1ccc(S(=O)(=O)[C@H](CNC(=O)N2CCCCC2)c2cccnc2)cc1. The van der Waals surface area contributed by atoms with Crippen molar-refractivity contribution in [3.8, 4) is 0 Å². The van der Waals surface area contributed by atoms with Crippen LogP contribution in [-0.4, -0.2) is 44.0 Å². The van der Waals surface area contributed by atoms with Crippen molar-refractivity contribution >= 4 is 15.9 Å². The molecule has 0 aliphatic carbocycles. The number of amides is 2. The Morgan fingerprint density at radius 2 is 1.85 bits per heavy atom. The van der Waals surface area contributed by atoms with Gasteiger partial charge in [-0.05, 0) is 49.9 Å². The van der Waals surface area contributed by atoms with Gasteiger partial charge in [-0.2, -0.15) is 0 Å². The molecule has 1 N–H and O–H groups in total. The Balaban J connectivity index is 1.83. The lowest BCUT2D eigenvalue weighted by molar-refractivity contribution is 0.186. The first-order valence-corrected chi connectivity index (χ1v) is 10.8. The Hall–Kier alpha value is -2.41. The number of nitrogens with one attached hydrogen (secondary N) is 1. The van der Waals surface area contributed by atoms with Crippen molar-refractivity contribution in [2.24, 2.45) is 0 Å². The predicted molar refractivity (Wildman–Crippen MR) is 104 cm³/mol. The van der Waals surface area contributed by atoms with Crippen molar-refractivity contribution in [1.82, 2.24) is 15.2 Å². The summed E-state index contributed by atoms with van der Waals surface area (Å²) in [6.07, 6.45) is 6.25. The van der Waals surface area contributed by atoms with Crippen LogP contribution in [0.3, 0.4) is 0 Å².